The number of likely N-dealkylation sites (tertiary alicyclic amines) is 1. The van der Waals surface area contributed by atoms with Crippen molar-refractivity contribution in [3.8, 4) is 0 Å². The van der Waals surface area contributed by atoms with Crippen LogP contribution < -0.4 is 0 Å². The fourth-order valence-electron chi connectivity index (χ4n) is 1.06. The van der Waals surface area contributed by atoms with Crippen LogP contribution in [0, 0.1) is 0 Å². The van der Waals surface area contributed by atoms with Crippen molar-refractivity contribution in [3.63, 3.8) is 0 Å². The van der Waals surface area contributed by atoms with Crippen molar-refractivity contribution in [1.82, 2.24) is 4.90 Å². The maximum absolute atomic E-state index is 12.5. The van der Waals surface area contributed by atoms with Gasteiger partial charge in [0.05, 0.1) is 6.10 Å². The molecule has 82 valence electrons. The van der Waals surface area contributed by atoms with E-state index in [0.717, 1.165) is 6.54 Å². The standard InChI is InChI=1S/C6H12FNO.2C2H6/c1-8-3-2-5(7)6(9)4-8;2*1-2/h5-6,9H,2-4H2,1H3;2*1-2H3. The molecule has 1 heterocycles. The molecular formula is C10H24FNO. The van der Waals surface area contributed by atoms with Crippen LogP contribution >= 0.6 is 0 Å². The summed E-state index contributed by atoms with van der Waals surface area (Å²) in [5.41, 5.74) is 0. The van der Waals surface area contributed by atoms with E-state index in [-0.39, 0.29) is 0 Å². The molecule has 0 saturated carbocycles. The summed E-state index contributed by atoms with van der Waals surface area (Å²) in [5.74, 6) is 0. The molecule has 2 atom stereocenters. The molecule has 0 aromatic rings. The van der Waals surface area contributed by atoms with Crippen LogP contribution in [0.3, 0.4) is 0 Å². The van der Waals surface area contributed by atoms with Gasteiger partial charge in [-0.3, -0.25) is 0 Å². The molecule has 2 unspecified atom stereocenters. The number of hydrogen-bond donors (Lipinski definition) is 1. The summed E-state index contributed by atoms with van der Waals surface area (Å²) in [6.07, 6.45) is -1.29. The normalized spacial score (nSPS) is 27.9. The van der Waals surface area contributed by atoms with E-state index in [1.54, 1.807) is 0 Å². The molecule has 0 aliphatic carbocycles. The van der Waals surface area contributed by atoms with Gasteiger partial charge in [-0.1, -0.05) is 27.7 Å². The van der Waals surface area contributed by atoms with Crippen LogP contribution in [0.25, 0.3) is 0 Å². The van der Waals surface area contributed by atoms with E-state index < -0.39 is 12.3 Å². The second kappa shape index (κ2) is 9.93. The second-order valence-electron chi connectivity index (χ2n) is 2.63. The first-order chi connectivity index (χ1) is 6.20. The number of piperidine rings is 1. The fraction of sp³-hybridized carbons (Fsp3) is 1.00. The first-order valence-electron chi connectivity index (χ1n) is 5.21. The molecule has 13 heavy (non-hydrogen) atoms. The van der Waals surface area contributed by atoms with E-state index in [0.29, 0.717) is 13.0 Å². The lowest BCUT2D eigenvalue weighted by atomic mass is 10.1. The van der Waals surface area contributed by atoms with Gasteiger partial charge in [0.2, 0.25) is 0 Å². The fourth-order valence-corrected chi connectivity index (χ4v) is 1.06. The Morgan fingerprint density at radius 3 is 2.00 bits per heavy atom. The van der Waals surface area contributed by atoms with Crippen molar-refractivity contribution >= 4 is 0 Å². The van der Waals surface area contributed by atoms with Gasteiger partial charge in [-0.15, -0.1) is 0 Å². The number of nitrogens with zero attached hydrogens (tertiary/aromatic N) is 1. The minimum atomic E-state index is -0.999. The number of halogens is 1. The summed E-state index contributed by atoms with van der Waals surface area (Å²) < 4.78 is 12.5. The number of aliphatic hydroxyl groups is 1. The van der Waals surface area contributed by atoms with Crippen LogP contribution in [-0.4, -0.2) is 42.4 Å². The van der Waals surface area contributed by atoms with Crippen molar-refractivity contribution in [3.05, 3.63) is 0 Å². The van der Waals surface area contributed by atoms with Crippen LogP contribution in [0.4, 0.5) is 4.39 Å². The van der Waals surface area contributed by atoms with Gasteiger partial charge in [0.1, 0.15) is 6.17 Å². The predicted molar refractivity (Wildman–Crippen MR) is 55.7 cm³/mol. The zero-order chi connectivity index (χ0) is 10.9. The van der Waals surface area contributed by atoms with Crippen LogP contribution in [0.1, 0.15) is 34.1 Å². The van der Waals surface area contributed by atoms with Gasteiger partial charge in [-0.05, 0) is 13.5 Å². The lowest BCUT2D eigenvalue weighted by Crippen LogP contribution is -2.42. The van der Waals surface area contributed by atoms with Crippen LogP contribution in [0.5, 0.6) is 0 Å². The van der Waals surface area contributed by atoms with Crippen LogP contribution in [0.2, 0.25) is 0 Å². The zero-order valence-electron chi connectivity index (χ0n) is 9.55. The highest BCUT2D eigenvalue weighted by Crippen LogP contribution is 2.11. The van der Waals surface area contributed by atoms with E-state index in [4.69, 9.17) is 5.11 Å². The number of hydrogen-bond acceptors (Lipinski definition) is 2. The number of β-amino-alcohol motifs (C(OH)–C–C–N with tert-alkyl or cyclic N) is 1. The van der Waals surface area contributed by atoms with E-state index in [1.807, 2.05) is 39.6 Å². The summed E-state index contributed by atoms with van der Waals surface area (Å²) in [5, 5.41) is 8.93. The van der Waals surface area contributed by atoms with E-state index >= 15 is 0 Å². The highest BCUT2D eigenvalue weighted by Gasteiger charge is 2.24. The lowest BCUT2D eigenvalue weighted by molar-refractivity contribution is 0.0126. The van der Waals surface area contributed by atoms with Gasteiger partial charge < -0.3 is 10.0 Å². The Kier molecular flexibility index (Phi) is 11.7. The van der Waals surface area contributed by atoms with Gasteiger partial charge in [0, 0.05) is 13.1 Å². The predicted octanol–water partition coefficient (Wildman–Crippen LogP) is 2.07. The third-order valence-corrected chi connectivity index (χ3v) is 1.70. The Hall–Kier alpha value is -0.150. The minimum absolute atomic E-state index is 0.470. The first-order valence-corrected chi connectivity index (χ1v) is 5.21. The van der Waals surface area contributed by atoms with Crippen LogP contribution in [0.15, 0.2) is 0 Å². The maximum atomic E-state index is 12.5. The number of alkyl halides is 1. The lowest BCUT2D eigenvalue weighted by Gasteiger charge is -2.28. The number of likely N-dealkylation sites (N-methyl/N-ethyl adjacent to an activating group) is 1. The Bertz CT molecular complexity index is 101. The highest BCUT2D eigenvalue weighted by molar-refractivity contribution is 4.77. The smallest absolute Gasteiger partial charge is 0.128 e. The molecule has 3 heteroatoms. The molecule has 1 rings (SSSR count). The summed E-state index contributed by atoms with van der Waals surface area (Å²) in [6, 6.07) is 0. The average Bonchev–Trinajstić information content (AvgIpc) is 2.18. The Balaban J connectivity index is 0. The topological polar surface area (TPSA) is 23.5 Å². The largest absolute Gasteiger partial charge is 0.389 e. The molecule has 0 aromatic carbocycles. The Morgan fingerprint density at radius 1 is 1.23 bits per heavy atom. The zero-order valence-corrected chi connectivity index (χ0v) is 9.55. The van der Waals surface area contributed by atoms with Gasteiger partial charge in [-0.25, -0.2) is 4.39 Å². The summed E-state index contributed by atoms with van der Waals surface area (Å²) >= 11 is 0. The third kappa shape index (κ3) is 6.96. The number of rotatable bonds is 0. The van der Waals surface area contributed by atoms with Crippen molar-refractivity contribution in [2.75, 3.05) is 20.1 Å². The second-order valence-corrected chi connectivity index (χ2v) is 2.63. The molecule has 0 amide bonds. The molecule has 0 aromatic heterocycles. The Labute approximate surface area is 81.7 Å². The van der Waals surface area contributed by atoms with E-state index in [9.17, 15) is 4.39 Å². The molecule has 0 bridgehead atoms. The Morgan fingerprint density at radius 2 is 1.69 bits per heavy atom. The molecule has 0 radical (unpaired) electrons. The molecule has 1 N–H and O–H groups in total. The SMILES string of the molecule is CC.CC.CN1CCC(F)C(O)C1. The molecule has 1 fully saturated rings. The molecule has 1 saturated heterocycles. The van der Waals surface area contributed by atoms with E-state index in [1.165, 1.54) is 0 Å². The van der Waals surface area contributed by atoms with Gasteiger partial charge in [0.25, 0.3) is 0 Å². The molecule has 0 spiro atoms. The van der Waals surface area contributed by atoms with E-state index in [2.05, 4.69) is 0 Å². The summed E-state index contributed by atoms with van der Waals surface area (Å²) in [7, 11) is 1.88. The molecule has 2 nitrogen and oxygen atoms in total. The highest BCUT2D eigenvalue weighted by atomic mass is 19.1. The monoisotopic (exact) mass is 193 g/mol. The number of aliphatic hydroxyl groups excluding tert-OH is 1. The van der Waals surface area contributed by atoms with Crippen molar-refractivity contribution in [2.24, 2.45) is 0 Å². The summed E-state index contributed by atoms with van der Waals surface area (Å²) in [6.45, 7) is 9.24. The quantitative estimate of drug-likeness (QED) is 0.636. The van der Waals surface area contributed by atoms with Crippen molar-refractivity contribution < 1.29 is 9.50 Å². The maximum Gasteiger partial charge on any atom is 0.128 e. The van der Waals surface area contributed by atoms with Gasteiger partial charge in [0.15, 0.2) is 0 Å². The van der Waals surface area contributed by atoms with Crippen molar-refractivity contribution in [1.29, 1.82) is 0 Å². The first kappa shape index (κ1) is 15.3. The minimum Gasteiger partial charge on any atom is -0.389 e. The van der Waals surface area contributed by atoms with Gasteiger partial charge in [-0.2, -0.15) is 0 Å². The summed E-state index contributed by atoms with van der Waals surface area (Å²) in [4.78, 5) is 1.93. The average molecular weight is 193 g/mol. The molecular weight excluding hydrogens is 169 g/mol. The van der Waals surface area contributed by atoms with Crippen molar-refractivity contribution in [2.45, 2.75) is 46.4 Å². The third-order valence-electron chi connectivity index (χ3n) is 1.70. The van der Waals surface area contributed by atoms with Gasteiger partial charge >= 0.3 is 0 Å². The molecule has 1 aliphatic rings. The molecule has 1 aliphatic heterocycles. The van der Waals surface area contributed by atoms with Crippen LogP contribution in [-0.2, 0) is 0 Å².